The van der Waals surface area contributed by atoms with E-state index in [-0.39, 0.29) is 0 Å². The normalized spacial score (nSPS) is 10.6. The Kier molecular flexibility index (Phi) is 4.16. The molecule has 0 bridgehead atoms. The van der Waals surface area contributed by atoms with E-state index in [1.54, 1.807) is 30.4 Å². The summed E-state index contributed by atoms with van der Waals surface area (Å²) in [6.45, 7) is 1.96. The molecule has 0 aliphatic heterocycles. The van der Waals surface area contributed by atoms with Gasteiger partial charge in [0.2, 0.25) is 0 Å². The Morgan fingerprint density at radius 2 is 2.04 bits per heavy atom. The fourth-order valence-electron chi connectivity index (χ4n) is 2.27. The quantitative estimate of drug-likeness (QED) is 0.741. The van der Waals surface area contributed by atoms with Crippen molar-refractivity contribution >= 4 is 23.0 Å². The van der Waals surface area contributed by atoms with Crippen LogP contribution in [0.2, 0.25) is 5.15 Å². The van der Waals surface area contributed by atoms with Crippen molar-refractivity contribution in [3.63, 3.8) is 0 Å². The van der Waals surface area contributed by atoms with Crippen LogP contribution >= 0.6 is 11.6 Å². The summed E-state index contributed by atoms with van der Waals surface area (Å²) in [7, 11) is 3.45. The first kappa shape index (κ1) is 15.3. The van der Waals surface area contributed by atoms with Crippen molar-refractivity contribution in [3.8, 4) is 17.1 Å². The molecule has 2 heterocycles. The van der Waals surface area contributed by atoms with Crippen LogP contribution in [0.4, 0.5) is 11.4 Å². The zero-order valence-electron chi connectivity index (χ0n) is 13.0. The van der Waals surface area contributed by atoms with Gasteiger partial charge in [-0.05, 0) is 30.7 Å². The molecule has 0 atom stereocenters. The standard InChI is InChI=1S/C16H16ClN5O/c1-10-8-18-14(17)7-13(10)20-12-6-4-5-11(15(12)23-3)16-19-9-22(2)21-16/h4-9H,1-3H3,(H,18,20). The van der Waals surface area contributed by atoms with Gasteiger partial charge in [-0.15, -0.1) is 0 Å². The number of methoxy groups -OCH3 is 1. The third-order valence-electron chi connectivity index (χ3n) is 3.40. The monoisotopic (exact) mass is 329 g/mol. The van der Waals surface area contributed by atoms with Gasteiger partial charge in [0.25, 0.3) is 0 Å². The molecule has 0 aliphatic rings. The van der Waals surface area contributed by atoms with Gasteiger partial charge < -0.3 is 10.1 Å². The number of pyridine rings is 1. The Bertz CT molecular complexity index is 846. The van der Waals surface area contributed by atoms with Crippen LogP contribution in [0.15, 0.2) is 36.8 Å². The highest BCUT2D eigenvalue weighted by atomic mass is 35.5. The zero-order chi connectivity index (χ0) is 16.4. The molecule has 7 heteroatoms. The summed E-state index contributed by atoms with van der Waals surface area (Å²) in [6, 6.07) is 7.56. The van der Waals surface area contributed by atoms with E-state index in [2.05, 4.69) is 20.4 Å². The van der Waals surface area contributed by atoms with Crippen molar-refractivity contribution in [2.45, 2.75) is 6.92 Å². The van der Waals surface area contributed by atoms with Gasteiger partial charge in [-0.1, -0.05) is 17.7 Å². The fourth-order valence-corrected chi connectivity index (χ4v) is 2.43. The summed E-state index contributed by atoms with van der Waals surface area (Å²) in [6.07, 6.45) is 3.38. The first-order valence-corrected chi connectivity index (χ1v) is 7.38. The summed E-state index contributed by atoms with van der Waals surface area (Å²) in [4.78, 5) is 8.35. The molecule has 0 unspecified atom stereocenters. The van der Waals surface area contributed by atoms with Crippen LogP contribution in [-0.4, -0.2) is 26.9 Å². The van der Waals surface area contributed by atoms with Crippen LogP contribution in [0, 0.1) is 6.92 Å². The predicted octanol–water partition coefficient (Wildman–Crippen LogP) is 3.59. The summed E-state index contributed by atoms with van der Waals surface area (Å²) >= 11 is 5.98. The number of nitrogens with one attached hydrogen (secondary N) is 1. The molecule has 0 saturated carbocycles. The third kappa shape index (κ3) is 3.12. The molecular weight excluding hydrogens is 314 g/mol. The Balaban J connectivity index is 2.04. The van der Waals surface area contributed by atoms with Gasteiger partial charge in [-0.3, -0.25) is 4.68 Å². The molecule has 1 N–H and O–H groups in total. The number of benzene rings is 1. The smallest absolute Gasteiger partial charge is 0.184 e. The van der Waals surface area contributed by atoms with Crippen molar-refractivity contribution in [3.05, 3.63) is 47.5 Å². The number of nitrogens with zero attached hydrogens (tertiary/aromatic N) is 4. The van der Waals surface area contributed by atoms with Crippen LogP contribution in [0.3, 0.4) is 0 Å². The van der Waals surface area contributed by atoms with Gasteiger partial charge in [0.15, 0.2) is 11.6 Å². The third-order valence-corrected chi connectivity index (χ3v) is 3.61. The number of halogens is 1. The van der Waals surface area contributed by atoms with Crippen molar-refractivity contribution in [2.75, 3.05) is 12.4 Å². The molecule has 0 radical (unpaired) electrons. The summed E-state index contributed by atoms with van der Waals surface area (Å²) in [5.41, 5.74) is 3.48. The fraction of sp³-hybridized carbons (Fsp3) is 0.188. The van der Waals surface area contributed by atoms with Crippen molar-refractivity contribution in [2.24, 2.45) is 7.05 Å². The lowest BCUT2D eigenvalue weighted by molar-refractivity contribution is 0.418. The van der Waals surface area contributed by atoms with Crippen molar-refractivity contribution in [1.29, 1.82) is 0 Å². The van der Waals surface area contributed by atoms with E-state index in [0.29, 0.717) is 16.7 Å². The van der Waals surface area contributed by atoms with Crippen molar-refractivity contribution in [1.82, 2.24) is 19.7 Å². The molecule has 118 valence electrons. The van der Waals surface area contributed by atoms with Gasteiger partial charge in [-0.2, -0.15) is 5.10 Å². The van der Waals surface area contributed by atoms with Crippen molar-refractivity contribution < 1.29 is 4.74 Å². The minimum atomic E-state index is 0.430. The number of rotatable bonds is 4. The summed E-state index contributed by atoms with van der Waals surface area (Å²) < 4.78 is 7.24. The summed E-state index contributed by atoms with van der Waals surface area (Å²) in [5, 5.41) is 8.10. The van der Waals surface area contributed by atoms with E-state index in [1.807, 2.05) is 32.2 Å². The minimum absolute atomic E-state index is 0.430. The first-order chi connectivity index (χ1) is 11.1. The molecule has 1 aromatic carbocycles. The SMILES string of the molecule is COc1c(Nc2cc(Cl)ncc2C)cccc1-c1ncn(C)n1. The molecule has 0 spiro atoms. The first-order valence-electron chi connectivity index (χ1n) is 7.00. The minimum Gasteiger partial charge on any atom is -0.494 e. The van der Waals surface area contributed by atoms with Crippen LogP contribution in [0.1, 0.15) is 5.56 Å². The zero-order valence-corrected chi connectivity index (χ0v) is 13.8. The molecular formula is C16H16ClN5O. The largest absolute Gasteiger partial charge is 0.494 e. The number of ether oxygens (including phenoxy) is 1. The number of hydrogen-bond donors (Lipinski definition) is 1. The molecule has 3 rings (SSSR count). The molecule has 0 amide bonds. The van der Waals surface area contributed by atoms with E-state index in [4.69, 9.17) is 16.3 Å². The molecule has 23 heavy (non-hydrogen) atoms. The highest BCUT2D eigenvalue weighted by molar-refractivity contribution is 6.29. The molecule has 2 aromatic heterocycles. The lowest BCUT2D eigenvalue weighted by atomic mass is 10.1. The highest BCUT2D eigenvalue weighted by Crippen LogP contribution is 2.37. The van der Waals surface area contributed by atoms with Crippen LogP contribution in [0.25, 0.3) is 11.4 Å². The van der Waals surface area contributed by atoms with Crippen LogP contribution in [-0.2, 0) is 7.05 Å². The van der Waals surface area contributed by atoms with E-state index >= 15 is 0 Å². The Morgan fingerprint density at radius 3 is 2.74 bits per heavy atom. The molecule has 0 saturated heterocycles. The van der Waals surface area contributed by atoms with Crippen LogP contribution in [0.5, 0.6) is 5.75 Å². The molecule has 3 aromatic rings. The maximum atomic E-state index is 5.98. The van der Waals surface area contributed by atoms with E-state index in [9.17, 15) is 0 Å². The Labute approximate surface area is 139 Å². The lowest BCUT2D eigenvalue weighted by Gasteiger charge is -2.15. The average molecular weight is 330 g/mol. The van der Waals surface area contributed by atoms with Crippen LogP contribution < -0.4 is 10.1 Å². The second kappa shape index (κ2) is 6.26. The maximum Gasteiger partial charge on any atom is 0.184 e. The predicted molar refractivity (Wildman–Crippen MR) is 90.3 cm³/mol. The van der Waals surface area contributed by atoms with E-state index < -0.39 is 0 Å². The van der Waals surface area contributed by atoms with Gasteiger partial charge in [0, 0.05) is 18.9 Å². The molecule has 0 fully saturated rings. The second-order valence-corrected chi connectivity index (χ2v) is 5.46. The highest BCUT2D eigenvalue weighted by Gasteiger charge is 2.15. The Hall–Kier alpha value is -2.60. The molecule has 0 aliphatic carbocycles. The van der Waals surface area contributed by atoms with Gasteiger partial charge in [0.05, 0.1) is 18.4 Å². The summed E-state index contributed by atoms with van der Waals surface area (Å²) in [5.74, 6) is 1.28. The Morgan fingerprint density at radius 1 is 1.22 bits per heavy atom. The molecule has 6 nitrogen and oxygen atoms in total. The van der Waals surface area contributed by atoms with E-state index in [1.165, 1.54) is 0 Å². The van der Waals surface area contributed by atoms with E-state index in [0.717, 1.165) is 22.5 Å². The second-order valence-electron chi connectivity index (χ2n) is 5.08. The number of para-hydroxylation sites is 1. The number of hydrogen-bond acceptors (Lipinski definition) is 5. The lowest BCUT2D eigenvalue weighted by Crippen LogP contribution is -1.99. The van der Waals surface area contributed by atoms with Gasteiger partial charge >= 0.3 is 0 Å². The average Bonchev–Trinajstić information content (AvgIpc) is 2.97. The number of anilines is 2. The van der Waals surface area contributed by atoms with Gasteiger partial charge in [0.1, 0.15) is 11.5 Å². The number of aryl methyl sites for hydroxylation is 2. The van der Waals surface area contributed by atoms with Gasteiger partial charge in [-0.25, -0.2) is 9.97 Å². The topological polar surface area (TPSA) is 64.9 Å². The number of aromatic nitrogens is 4. The maximum absolute atomic E-state index is 5.98.